The van der Waals surface area contributed by atoms with E-state index in [9.17, 15) is 4.53 Å². The summed E-state index contributed by atoms with van der Waals surface area (Å²) >= 11 is 0. The maximum atomic E-state index is 10.1. The third kappa shape index (κ3) is 22.7. The van der Waals surface area contributed by atoms with Gasteiger partial charge in [0.2, 0.25) is 0 Å². The third-order valence-corrected chi connectivity index (χ3v) is 0.263. The summed E-state index contributed by atoms with van der Waals surface area (Å²) in [6.07, 6.45) is 0. The van der Waals surface area contributed by atoms with Crippen molar-refractivity contribution in [2.45, 2.75) is 0 Å². The van der Waals surface area contributed by atoms with Gasteiger partial charge in [0.25, 0.3) is 0 Å². The van der Waals surface area contributed by atoms with Gasteiger partial charge in [-0.3, -0.25) is 0 Å². The first-order chi connectivity index (χ1) is 4.91. The number of carbonyl (C=O) groups is 2. The first-order valence-electron chi connectivity index (χ1n) is 2.01. The van der Waals surface area contributed by atoms with Crippen LogP contribution < -0.4 is 0 Å². The minimum absolute atomic E-state index is 0. The van der Waals surface area contributed by atoms with Gasteiger partial charge in [-0.15, -0.1) is 0 Å². The SMILES string of the molecule is O=C(O)C(=O)O.OB(O)OF.[LiH]. The van der Waals surface area contributed by atoms with Crippen LogP contribution in [0.15, 0.2) is 0 Å². The van der Waals surface area contributed by atoms with Crippen LogP contribution in [-0.4, -0.2) is 58.4 Å². The van der Waals surface area contributed by atoms with Crippen molar-refractivity contribution in [2.75, 3.05) is 0 Å². The molecule has 0 bridgehead atoms. The van der Waals surface area contributed by atoms with Crippen molar-refractivity contribution in [1.82, 2.24) is 0 Å². The molecule has 0 unspecified atom stereocenters. The van der Waals surface area contributed by atoms with Crippen LogP contribution in [0.2, 0.25) is 0 Å². The van der Waals surface area contributed by atoms with Gasteiger partial charge in [-0.25, -0.2) is 9.59 Å². The number of halogens is 1. The molecule has 0 saturated carbocycles. The topological polar surface area (TPSA) is 124 Å². The fourth-order valence-corrected chi connectivity index (χ4v) is 0. The summed E-state index contributed by atoms with van der Waals surface area (Å²) in [5.74, 6) is -3.65. The van der Waals surface area contributed by atoms with Crippen molar-refractivity contribution in [3.05, 3.63) is 0 Å². The fraction of sp³-hybridized carbons (Fsp3) is 0. The Morgan fingerprint density at radius 2 is 1.33 bits per heavy atom. The average Bonchev–Trinajstić information content (AvgIpc) is 1.89. The molecule has 66 valence electrons. The van der Waals surface area contributed by atoms with E-state index in [0.29, 0.717) is 0 Å². The third-order valence-electron chi connectivity index (χ3n) is 0.263. The van der Waals surface area contributed by atoms with E-state index in [0.717, 1.165) is 0 Å². The predicted octanol–water partition coefficient (Wildman–Crippen LogP) is -2.64. The molecule has 0 aromatic carbocycles. The number of aliphatic carboxylic acids is 2. The molecule has 7 nitrogen and oxygen atoms in total. The van der Waals surface area contributed by atoms with E-state index in [1.54, 1.807) is 0 Å². The monoisotopic (exact) mass is 178 g/mol. The van der Waals surface area contributed by atoms with Gasteiger partial charge < -0.3 is 20.3 Å². The van der Waals surface area contributed by atoms with E-state index in [4.69, 9.17) is 29.9 Å². The van der Waals surface area contributed by atoms with Gasteiger partial charge in [-0.05, 0) is 0 Å². The Morgan fingerprint density at radius 3 is 1.33 bits per heavy atom. The molecular weight excluding hydrogens is 173 g/mol. The Labute approximate surface area is 78.0 Å². The summed E-state index contributed by atoms with van der Waals surface area (Å²) in [5, 5.41) is 29.4. The van der Waals surface area contributed by atoms with Gasteiger partial charge in [0.05, 0.1) is 0 Å². The number of carboxylic acid groups (broad SMARTS) is 2. The molecule has 0 aliphatic rings. The van der Waals surface area contributed by atoms with Gasteiger partial charge >= 0.3 is 38.1 Å². The summed E-state index contributed by atoms with van der Waals surface area (Å²) in [7, 11) is -2.28. The van der Waals surface area contributed by atoms with Gasteiger partial charge in [0, 0.05) is 0 Å². The van der Waals surface area contributed by atoms with Crippen LogP contribution in [0, 0.1) is 0 Å². The molecule has 0 spiro atoms. The van der Waals surface area contributed by atoms with E-state index in [1.165, 1.54) is 0 Å². The second-order valence-corrected chi connectivity index (χ2v) is 1.03. The Hall–Kier alpha value is -0.588. The van der Waals surface area contributed by atoms with Crippen molar-refractivity contribution >= 4 is 38.1 Å². The van der Waals surface area contributed by atoms with Gasteiger partial charge in [-0.1, -0.05) is 4.53 Å². The second-order valence-electron chi connectivity index (χ2n) is 1.03. The quantitative estimate of drug-likeness (QED) is 0.255. The standard InChI is InChI=1S/C2H2O4.BFH2O3.Li.H/c3-1(4)2(5)6;2-5-1(3)4;;/h(H,3,4)(H,5,6);3-4H;;. The average molecular weight is 178 g/mol. The summed E-state index contributed by atoms with van der Waals surface area (Å²) in [6, 6.07) is 0. The summed E-state index contributed by atoms with van der Waals surface area (Å²) in [6.45, 7) is 0. The van der Waals surface area contributed by atoms with E-state index in [2.05, 4.69) is 4.86 Å². The molecule has 0 atom stereocenters. The molecule has 10 heteroatoms. The zero-order valence-corrected chi connectivity index (χ0v) is 4.97. The minimum atomic E-state index is -2.28. The molecule has 0 rings (SSSR count). The molecule has 0 fully saturated rings. The molecule has 0 aliphatic carbocycles. The van der Waals surface area contributed by atoms with Crippen LogP contribution in [-0.2, 0) is 14.4 Å². The van der Waals surface area contributed by atoms with Crippen molar-refractivity contribution in [1.29, 1.82) is 0 Å². The summed E-state index contributed by atoms with van der Waals surface area (Å²) in [5.41, 5.74) is 0. The number of hydrogen-bond donors (Lipinski definition) is 4. The predicted molar refractivity (Wildman–Crippen MR) is 34.8 cm³/mol. The van der Waals surface area contributed by atoms with Gasteiger partial charge in [0.1, 0.15) is 0 Å². The molecule has 0 radical (unpaired) electrons. The van der Waals surface area contributed by atoms with Crippen LogP contribution >= 0.6 is 0 Å². The number of carboxylic acids is 2. The zero-order valence-electron chi connectivity index (χ0n) is 4.97. The molecule has 0 aliphatic heterocycles. The normalized spacial score (nSPS) is 6.92. The Balaban J connectivity index is -0.000000126. The van der Waals surface area contributed by atoms with Gasteiger partial charge in [-0.2, -0.15) is 4.86 Å². The summed E-state index contributed by atoms with van der Waals surface area (Å²) < 4.78 is 10.1. The Kier molecular flexibility index (Phi) is 15.2. The second kappa shape index (κ2) is 10.4. The van der Waals surface area contributed by atoms with E-state index in [1.807, 2.05) is 0 Å². The van der Waals surface area contributed by atoms with Crippen molar-refractivity contribution in [3.63, 3.8) is 0 Å². The van der Waals surface area contributed by atoms with Crippen LogP contribution in [0.25, 0.3) is 0 Å². The maximum absolute atomic E-state index is 10.1. The van der Waals surface area contributed by atoms with Crippen LogP contribution in [0.3, 0.4) is 0 Å². The van der Waals surface area contributed by atoms with E-state index >= 15 is 0 Å². The first-order valence-corrected chi connectivity index (χ1v) is 2.01. The molecule has 0 heterocycles. The van der Waals surface area contributed by atoms with Crippen molar-refractivity contribution in [3.8, 4) is 0 Å². The fourth-order valence-electron chi connectivity index (χ4n) is 0. The van der Waals surface area contributed by atoms with Crippen LogP contribution in [0.1, 0.15) is 0 Å². The molecule has 0 aromatic rings. The molecule has 4 N–H and O–H groups in total. The molecule has 12 heavy (non-hydrogen) atoms. The van der Waals surface area contributed by atoms with E-state index in [-0.39, 0.29) is 18.9 Å². The van der Waals surface area contributed by atoms with E-state index < -0.39 is 19.3 Å². The Bertz CT molecular complexity index is 127. The van der Waals surface area contributed by atoms with Crippen molar-refractivity contribution in [2.24, 2.45) is 0 Å². The Morgan fingerprint density at radius 1 is 1.17 bits per heavy atom. The van der Waals surface area contributed by atoms with Crippen molar-refractivity contribution < 1.29 is 39.2 Å². The number of hydrogen-bond acceptors (Lipinski definition) is 5. The van der Waals surface area contributed by atoms with Gasteiger partial charge in [0.15, 0.2) is 0 Å². The summed E-state index contributed by atoms with van der Waals surface area (Å²) in [4.78, 5) is 20.6. The molecule has 0 saturated heterocycles. The molecule has 0 aromatic heterocycles. The van der Waals surface area contributed by atoms with Crippen LogP contribution in [0.4, 0.5) is 4.53 Å². The first kappa shape index (κ1) is 17.5. The molecule has 0 amide bonds. The number of rotatable bonds is 1. The van der Waals surface area contributed by atoms with Crippen LogP contribution in [0.5, 0.6) is 0 Å². The molecular formula is C2H5BFLiO7. The zero-order chi connectivity index (χ0) is 9.44.